The van der Waals surface area contributed by atoms with Crippen LogP contribution in [0.5, 0.6) is 0 Å². The van der Waals surface area contributed by atoms with E-state index < -0.39 is 0 Å². The third-order valence-corrected chi connectivity index (χ3v) is 3.45. The minimum atomic E-state index is 0.773. The molecular formula is C9H17N. The van der Waals surface area contributed by atoms with Crippen molar-refractivity contribution in [3.63, 3.8) is 0 Å². The normalized spacial score (nSPS) is 36.3. The van der Waals surface area contributed by atoms with Crippen LogP contribution in [0.15, 0.2) is 0 Å². The summed E-state index contributed by atoms with van der Waals surface area (Å²) in [6.07, 6.45) is 7.30. The van der Waals surface area contributed by atoms with Crippen LogP contribution in [0.4, 0.5) is 0 Å². The van der Waals surface area contributed by atoms with Gasteiger partial charge in [0, 0.05) is 12.6 Å². The van der Waals surface area contributed by atoms with E-state index in [1.807, 2.05) is 0 Å². The van der Waals surface area contributed by atoms with E-state index >= 15 is 0 Å². The van der Waals surface area contributed by atoms with Gasteiger partial charge in [-0.3, -0.25) is 0 Å². The quantitative estimate of drug-likeness (QED) is 0.585. The Morgan fingerprint density at radius 2 is 2.10 bits per heavy atom. The van der Waals surface area contributed by atoms with E-state index in [9.17, 15) is 0 Å². The molecule has 2 fully saturated rings. The summed E-state index contributed by atoms with van der Waals surface area (Å²) in [5.74, 6) is 0. The third kappa shape index (κ3) is 0.731. The fourth-order valence-electron chi connectivity index (χ4n) is 2.72. The SMILES string of the molecule is CC[C@H]1NCC12CCCC2. The van der Waals surface area contributed by atoms with Crippen molar-refractivity contribution in [3.05, 3.63) is 0 Å². The lowest BCUT2D eigenvalue weighted by Gasteiger charge is -2.48. The first-order chi connectivity index (χ1) is 4.87. The molecule has 1 atom stereocenters. The molecule has 58 valence electrons. The molecule has 1 aliphatic carbocycles. The number of hydrogen-bond donors (Lipinski definition) is 1. The van der Waals surface area contributed by atoms with Crippen LogP contribution < -0.4 is 5.32 Å². The van der Waals surface area contributed by atoms with Crippen molar-refractivity contribution < 1.29 is 0 Å². The molecule has 2 rings (SSSR count). The van der Waals surface area contributed by atoms with Crippen molar-refractivity contribution in [1.82, 2.24) is 5.32 Å². The summed E-state index contributed by atoms with van der Waals surface area (Å²) in [5.41, 5.74) is 0.773. The van der Waals surface area contributed by atoms with E-state index in [-0.39, 0.29) is 0 Å². The molecule has 2 aliphatic rings. The molecule has 0 radical (unpaired) electrons. The van der Waals surface area contributed by atoms with Crippen molar-refractivity contribution in [1.29, 1.82) is 0 Å². The molecule has 1 spiro atoms. The standard InChI is InChI=1S/C9H17N/c1-2-8-9(7-10-8)5-3-4-6-9/h8,10H,2-7H2,1H3/t8-/m1/s1. The van der Waals surface area contributed by atoms with Gasteiger partial charge in [-0.2, -0.15) is 0 Å². The highest BCUT2D eigenvalue weighted by molar-refractivity contribution is 5.03. The zero-order chi connectivity index (χ0) is 7.03. The lowest BCUT2D eigenvalue weighted by Crippen LogP contribution is -2.60. The lowest BCUT2D eigenvalue weighted by molar-refractivity contribution is 0.0865. The zero-order valence-electron chi connectivity index (χ0n) is 6.82. The van der Waals surface area contributed by atoms with Crippen LogP contribution in [0.2, 0.25) is 0 Å². The van der Waals surface area contributed by atoms with Crippen LogP contribution in [0.3, 0.4) is 0 Å². The van der Waals surface area contributed by atoms with Gasteiger partial charge in [0.05, 0.1) is 0 Å². The summed E-state index contributed by atoms with van der Waals surface area (Å²) in [7, 11) is 0. The Labute approximate surface area is 63.2 Å². The van der Waals surface area contributed by atoms with Gasteiger partial charge in [0.1, 0.15) is 0 Å². The molecule has 1 heteroatoms. The van der Waals surface area contributed by atoms with Crippen LogP contribution in [0.1, 0.15) is 39.0 Å². The van der Waals surface area contributed by atoms with E-state index in [1.165, 1.54) is 38.6 Å². The number of nitrogens with one attached hydrogen (secondary N) is 1. The summed E-state index contributed by atoms with van der Waals surface area (Å²) >= 11 is 0. The lowest BCUT2D eigenvalue weighted by atomic mass is 9.71. The molecule has 1 heterocycles. The van der Waals surface area contributed by atoms with Crippen molar-refractivity contribution >= 4 is 0 Å². The molecule has 0 amide bonds. The molecule has 0 aromatic rings. The van der Waals surface area contributed by atoms with Crippen LogP contribution >= 0.6 is 0 Å². The predicted molar refractivity (Wildman–Crippen MR) is 43.0 cm³/mol. The smallest absolute Gasteiger partial charge is 0.0133 e. The molecule has 0 aromatic carbocycles. The van der Waals surface area contributed by atoms with Gasteiger partial charge >= 0.3 is 0 Å². The Balaban J connectivity index is 2.01. The summed E-state index contributed by atoms with van der Waals surface area (Å²) < 4.78 is 0. The van der Waals surface area contributed by atoms with Crippen molar-refractivity contribution in [2.75, 3.05) is 6.54 Å². The molecule has 1 saturated carbocycles. The summed E-state index contributed by atoms with van der Waals surface area (Å²) in [6.45, 7) is 3.61. The van der Waals surface area contributed by atoms with Crippen molar-refractivity contribution in [2.45, 2.75) is 45.1 Å². The van der Waals surface area contributed by atoms with Crippen LogP contribution in [-0.4, -0.2) is 12.6 Å². The monoisotopic (exact) mass is 139 g/mol. The third-order valence-electron chi connectivity index (χ3n) is 3.45. The largest absolute Gasteiger partial charge is 0.313 e. The summed E-state index contributed by atoms with van der Waals surface area (Å²) in [5, 5.41) is 3.53. The Morgan fingerprint density at radius 3 is 2.50 bits per heavy atom. The Hall–Kier alpha value is -0.0400. The molecule has 0 aromatic heterocycles. The van der Waals surface area contributed by atoms with Gasteiger partial charge in [0.2, 0.25) is 0 Å². The van der Waals surface area contributed by atoms with Crippen LogP contribution in [-0.2, 0) is 0 Å². The maximum absolute atomic E-state index is 3.53. The first kappa shape index (κ1) is 6.66. The second kappa shape index (κ2) is 2.23. The van der Waals surface area contributed by atoms with E-state index in [2.05, 4.69) is 12.2 Å². The molecule has 1 saturated heterocycles. The van der Waals surface area contributed by atoms with Gasteiger partial charge in [0.15, 0.2) is 0 Å². The molecule has 0 bridgehead atoms. The van der Waals surface area contributed by atoms with E-state index in [4.69, 9.17) is 0 Å². The predicted octanol–water partition coefficient (Wildman–Crippen LogP) is 1.93. The number of rotatable bonds is 1. The first-order valence-corrected chi connectivity index (χ1v) is 4.61. The molecular weight excluding hydrogens is 122 g/mol. The second-order valence-electron chi connectivity index (χ2n) is 3.91. The van der Waals surface area contributed by atoms with Gasteiger partial charge in [-0.05, 0) is 24.7 Å². The topological polar surface area (TPSA) is 12.0 Å². The van der Waals surface area contributed by atoms with Gasteiger partial charge in [-0.1, -0.05) is 19.8 Å². The second-order valence-corrected chi connectivity index (χ2v) is 3.91. The van der Waals surface area contributed by atoms with Crippen LogP contribution in [0, 0.1) is 5.41 Å². The Morgan fingerprint density at radius 1 is 1.40 bits per heavy atom. The maximum atomic E-state index is 3.53. The van der Waals surface area contributed by atoms with Gasteiger partial charge in [-0.15, -0.1) is 0 Å². The fourth-order valence-corrected chi connectivity index (χ4v) is 2.72. The summed E-state index contributed by atoms with van der Waals surface area (Å²) in [4.78, 5) is 0. The zero-order valence-corrected chi connectivity index (χ0v) is 6.82. The molecule has 10 heavy (non-hydrogen) atoms. The number of hydrogen-bond acceptors (Lipinski definition) is 1. The Kier molecular flexibility index (Phi) is 1.48. The average Bonchev–Trinajstić information content (AvgIpc) is 2.35. The minimum absolute atomic E-state index is 0.773. The highest BCUT2D eigenvalue weighted by Gasteiger charge is 2.46. The molecule has 0 unspecified atom stereocenters. The van der Waals surface area contributed by atoms with E-state index in [1.54, 1.807) is 0 Å². The van der Waals surface area contributed by atoms with Crippen molar-refractivity contribution in [2.24, 2.45) is 5.41 Å². The van der Waals surface area contributed by atoms with Gasteiger partial charge < -0.3 is 5.32 Å². The van der Waals surface area contributed by atoms with Crippen LogP contribution in [0.25, 0.3) is 0 Å². The van der Waals surface area contributed by atoms with Crippen molar-refractivity contribution in [3.8, 4) is 0 Å². The van der Waals surface area contributed by atoms with Gasteiger partial charge in [0.25, 0.3) is 0 Å². The molecule has 1 aliphatic heterocycles. The van der Waals surface area contributed by atoms with E-state index in [0.29, 0.717) is 0 Å². The minimum Gasteiger partial charge on any atom is -0.313 e. The molecule has 1 N–H and O–H groups in total. The highest BCUT2D eigenvalue weighted by atomic mass is 15.0. The van der Waals surface area contributed by atoms with Gasteiger partial charge in [-0.25, -0.2) is 0 Å². The average molecular weight is 139 g/mol. The maximum Gasteiger partial charge on any atom is 0.0133 e. The first-order valence-electron chi connectivity index (χ1n) is 4.61. The van der Waals surface area contributed by atoms with E-state index in [0.717, 1.165) is 11.5 Å². The summed E-state index contributed by atoms with van der Waals surface area (Å²) in [6, 6.07) is 0.870. The molecule has 1 nitrogen and oxygen atoms in total. The Bertz CT molecular complexity index is 123. The fraction of sp³-hybridized carbons (Fsp3) is 1.00. The highest BCUT2D eigenvalue weighted by Crippen LogP contribution is 2.46.